The van der Waals surface area contributed by atoms with E-state index in [9.17, 15) is 9.59 Å². The highest BCUT2D eigenvalue weighted by Crippen LogP contribution is 2.14. The SMILES string of the molecule is CCc1cc(CSC[C@H](NC(C)=O)C(=O)O)n(C)n1. The zero-order valence-corrected chi connectivity index (χ0v) is 12.2. The summed E-state index contributed by atoms with van der Waals surface area (Å²) in [7, 11) is 1.87. The van der Waals surface area contributed by atoms with Crippen molar-refractivity contribution in [2.24, 2.45) is 7.05 Å². The molecule has 2 N–H and O–H groups in total. The smallest absolute Gasteiger partial charge is 0.327 e. The molecular formula is C12H19N3O3S. The van der Waals surface area contributed by atoms with E-state index in [4.69, 9.17) is 5.11 Å². The van der Waals surface area contributed by atoms with Gasteiger partial charge in [0.2, 0.25) is 5.91 Å². The third kappa shape index (κ3) is 4.94. The number of carboxylic acids is 1. The standard InChI is InChI=1S/C12H19N3O3S/c1-4-9-5-10(15(3)14-9)6-19-7-11(12(17)18)13-8(2)16/h5,11H,4,6-7H2,1-3H3,(H,13,16)(H,17,18)/t11-/m0/s1. The summed E-state index contributed by atoms with van der Waals surface area (Å²) < 4.78 is 1.81. The van der Waals surface area contributed by atoms with Crippen LogP contribution in [0.25, 0.3) is 0 Å². The molecule has 1 aromatic rings. The van der Waals surface area contributed by atoms with E-state index in [0.717, 1.165) is 17.8 Å². The Bertz CT molecular complexity index is 459. The van der Waals surface area contributed by atoms with Gasteiger partial charge in [0.1, 0.15) is 6.04 Å². The van der Waals surface area contributed by atoms with Crippen LogP contribution < -0.4 is 5.32 Å². The Hall–Kier alpha value is -1.50. The van der Waals surface area contributed by atoms with Crippen molar-refractivity contribution in [3.8, 4) is 0 Å². The van der Waals surface area contributed by atoms with E-state index in [1.165, 1.54) is 18.7 Å². The molecule has 0 saturated carbocycles. The largest absolute Gasteiger partial charge is 0.480 e. The molecule has 0 spiro atoms. The van der Waals surface area contributed by atoms with Crippen molar-refractivity contribution < 1.29 is 14.7 Å². The zero-order valence-electron chi connectivity index (χ0n) is 11.3. The molecule has 0 aliphatic heterocycles. The summed E-state index contributed by atoms with van der Waals surface area (Å²) in [6, 6.07) is 1.17. The van der Waals surface area contributed by atoms with Gasteiger partial charge in [-0.05, 0) is 12.5 Å². The van der Waals surface area contributed by atoms with Crippen LogP contribution in [0.3, 0.4) is 0 Å². The van der Waals surface area contributed by atoms with Gasteiger partial charge in [0.05, 0.1) is 5.69 Å². The second kappa shape index (κ2) is 7.18. The molecule has 7 heteroatoms. The van der Waals surface area contributed by atoms with Crippen molar-refractivity contribution in [3.63, 3.8) is 0 Å². The molecule has 1 amide bonds. The van der Waals surface area contributed by atoms with Crippen LogP contribution in [0.1, 0.15) is 25.2 Å². The molecule has 0 fully saturated rings. The highest BCUT2D eigenvalue weighted by molar-refractivity contribution is 7.98. The fourth-order valence-corrected chi connectivity index (χ4v) is 2.64. The van der Waals surface area contributed by atoms with Gasteiger partial charge < -0.3 is 10.4 Å². The van der Waals surface area contributed by atoms with Gasteiger partial charge in [-0.25, -0.2) is 4.79 Å². The van der Waals surface area contributed by atoms with Crippen molar-refractivity contribution in [2.45, 2.75) is 32.1 Å². The number of carbonyl (C=O) groups is 2. The Morgan fingerprint density at radius 1 is 1.58 bits per heavy atom. The van der Waals surface area contributed by atoms with Crippen molar-refractivity contribution in [3.05, 3.63) is 17.5 Å². The Balaban J connectivity index is 2.49. The molecule has 0 radical (unpaired) electrons. The number of hydrogen-bond acceptors (Lipinski definition) is 4. The second-order valence-corrected chi connectivity index (χ2v) is 5.24. The summed E-state index contributed by atoms with van der Waals surface area (Å²) in [6.07, 6.45) is 0.877. The fourth-order valence-electron chi connectivity index (χ4n) is 1.58. The van der Waals surface area contributed by atoms with Gasteiger partial charge in [-0.1, -0.05) is 6.92 Å². The average Bonchev–Trinajstić information content (AvgIpc) is 2.68. The monoisotopic (exact) mass is 285 g/mol. The first kappa shape index (κ1) is 15.6. The number of hydrogen-bond donors (Lipinski definition) is 2. The first-order valence-corrected chi connectivity index (χ1v) is 7.19. The first-order chi connectivity index (χ1) is 8.93. The van der Waals surface area contributed by atoms with Crippen LogP contribution in [0.15, 0.2) is 6.07 Å². The van der Waals surface area contributed by atoms with Crippen LogP contribution in [0, 0.1) is 0 Å². The maximum absolute atomic E-state index is 10.9. The maximum atomic E-state index is 10.9. The van der Waals surface area contributed by atoms with Crippen LogP contribution >= 0.6 is 11.8 Å². The number of nitrogens with zero attached hydrogens (tertiary/aromatic N) is 2. The lowest BCUT2D eigenvalue weighted by Gasteiger charge is -2.12. The molecule has 1 heterocycles. The lowest BCUT2D eigenvalue weighted by Crippen LogP contribution is -2.41. The molecule has 0 aromatic carbocycles. The normalized spacial score (nSPS) is 12.2. The summed E-state index contributed by atoms with van der Waals surface area (Å²) >= 11 is 1.47. The second-order valence-electron chi connectivity index (χ2n) is 4.21. The number of amides is 1. The minimum absolute atomic E-state index is 0.332. The summed E-state index contributed by atoms with van der Waals surface area (Å²) in [6.45, 7) is 3.35. The average molecular weight is 285 g/mol. The van der Waals surface area contributed by atoms with Crippen LogP contribution in [0.2, 0.25) is 0 Å². The van der Waals surface area contributed by atoms with Crippen LogP contribution in [-0.4, -0.2) is 38.6 Å². The molecule has 0 aliphatic rings. The van der Waals surface area contributed by atoms with E-state index in [1.807, 2.05) is 20.0 Å². The number of thioether (sulfide) groups is 1. The number of aromatic nitrogens is 2. The maximum Gasteiger partial charge on any atom is 0.327 e. The summed E-state index contributed by atoms with van der Waals surface area (Å²) in [5.41, 5.74) is 2.07. The summed E-state index contributed by atoms with van der Waals surface area (Å²) in [5, 5.41) is 15.7. The lowest BCUT2D eigenvalue weighted by molar-refractivity contribution is -0.140. The summed E-state index contributed by atoms with van der Waals surface area (Å²) in [5.74, 6) is -0.335. The molecule has 6 nitrogen and oxygen atoms in total. The van der Waals surface area contributed by atoms with E-state index >= 15 is 0 Å². The van der Waals surface area contributed by atoms with Crippen molar-refractivity contribution in [1.29, 1.82) is 0 Å². The number of aliphatic carboxylic acids is 1. The van der Waals surface area contributed by atoms with E-state index in [0.29, 0.717) is 11.5 Å². The van der Waals surface area contributed by atoms with Gasteiger partial charge in [-0.3, -0.25) is 9.48 Å². The Morgan fingerprint density at radius 2 is 2.26 bits per heavy atom. The molecule has 0 aliphatic carbocycles. The number of rotatable bonds is 7. The van der Waals surface area contributed by atoms with E-state index < -0.39 is 12.0 Å². The Labute approximate surface area is 116 Å². The molecule has 106 valence electrons. The number of carboxylic acid groups (broad SMARTS) is 1. The third-order valence-corrected chi connectivity index (χ3v) is 3.67. The molecule has 1 aromatic heterocycles. The molecule has 1 rings (SSSR count). The number of aryl methyl sites for hydroxylation is 2. The van der Waals surface area contributed by atoms with E-state index in [2.05, 4.69) is 10.4 Å². The molecular weight excluding hydrogens is 266 g/mol. The van der Waals surface area contributed by atoms with Gasteiger partial charge in [-0.2, -0.15) is 16.9 Å². The van der Waals surface area contributed by atoms with Crippen molar-refractivity contribution >= 4 is 23.6 Å². The molecule has 19 heavy (non-hydrogen) atoms. The predicted octanol–water partition coefficient (Wildman–Crippen LogP) is 0.805. The van der Waals surface area contributed by atoms with Gasteiger partial charge in [0, 0.05) is 31.2 Å². The van der Waals surface area contributed by atoms with Gasteiger partial charge in [-0.15, -0.1) is 0 Å². The third-order valence-electron chi connectivity index (χ3n) is 2.60. The highest BCUT2D eigenvalue weighted by Gasteiger charge is 2.18. The minimum Gasteiger partial charge on any atom is -0.480 e. The zero-order chi connectivity index (χ0) is 14.4. The quantitative estimate of drug-likeness (QED) is 0.774. The Kier molecular flexibility index (Phi) is 5.88. The van der Waals surface area contributed by atoms with Crippen molar-refractivity contribution in [1.82, 2.24) is 15.1 Å². The summed E-state index contributed by atoms with van der Waals surface area (Å²) in [4.78, 5) is 21.8. The minimum atomic E-state index is -1.01. The van der Waals surface area contributed by atoms with Crippen LogP contribution in [0.4, 0.5) is 0 Å². The van der Waals surface area contributed by atoms with Gasteiger partial charge >= 0.3 is 5.97 Å². The molecule has 0 saturated heterocycles. The van der Waals surface area contributed by atoms with Gasteiger partial charge in [0.25, 0.3) is 0 Å². The van der Waals surface area contributed by atoms with Crippen LogP contribution in [0.5, 0.6) is 0 Å². The fraction of sp³-hybridized carbons (Fsp3) is 0.583. The first-order valence-electron chi connectivity index (χ1n) is 6.03. The Morgan fingerprint density at radius 3 is 2.74 bits per heavy atom. The highest BCUT2D eigenvalue weighted by atomic mass is 32.2. The molecule has 1 atom stereocenters. The van der Waals surface area contributed by atoms with Gasteiger partial charge in [0.15, 0.2) is 0 Å². The topological polar surface area (TPSA) is 84.2 Å². The molecule has 0 bridgehead atoms. The number of carbonyl (C=O) groups excluding carboxylic acids is 1. The number of nitrogens with one attached hydrogen (secondary N) is 1. The lowest BCUT2D eigenvalue weighted by atomic mass is 10.3. The molecule has 0 unspecified atom stereocenters. The van der Waals surface area contributed by atoms with Crippen molar-refractivity contribution in [2.75, 3.05) is 5.75 Å². The van der Waals surface area contributed by atoms with E-state index in [-0.39, 0.29) is 5.91 Å². The van der Waals surface area contributed by atoms with E-state index in [1.54, 1.807) is 4.68 Å². The van der Waals surface area contributed by atoms with Crippen LogP contribution in [-0.2, 0) is 28.8 Å². The predicted molar refractivity (Wildman–Crippen MR) is 74.0 cm³/mol.